The average molecular weight is 493 g/mol. The summed E-state index contributed by atoms with van der Waals surface area (Å²) in [6.45, 7) is 10.0. The molecule has 0 radical (unpaired) electrons. The van der Waals surface area contributed by atoms with Crippen LogP contribution in [-0.4, -0.2) is 43.4 Å². The number of aliphatic hydroxyl groups is 3. The average Bonchev–Trinajstić information content (AvgIpc) is 2.75. The summed E-state index contributed by atoms with van der Waals surface area (Å²) in [5, 5.41) is 45.4. The van der Waals surface area contributed by atoms with E-state index in [2.05, 4.69) is 11.8 Å². The summed E-state index contributed by atoms with van der Waals surface area (Å²) in [7, 11) is 0. The van der Waals surface area contributed by atoms with Gasteiger partial charge in [-0.2, -0.15) is 0 Å². The Hall–Kier alpha value is -3.37. The molecule has 0 aromatic heterocycles. The molecule has 36 heavy (non-hydrogen) atoms. The van der Waals surface area contributed by atoms with Crippen LogP contribution < -0.4 is 0 Å². The van der Waals surface area contributed by atoms with Crippen LogP contribution in [0.5, 0.6) is 5.75 Å². The number of phenols is 1. The molecule has 3 aliphatic carbocycles. The molecular formula is C29H32O7. The number of phenolic OH excluding ortho intramolecular Hbond substituents is 1. The van der Waals surface area contributed by atoms with Gasteiger partial charge in [-0.1, -0.05) is 46.5 Å². The smallest absolute Gasteiger partial charge is 0.209 e. The van der Waals surface area contributed by atoms with Gasteiger partial charge in [-0.25, -0.2) is 0 Å². The quantitative estimate of drug-likeness (QED) is 0.361. The van der Waals surface area contributed by atoms with Crippen molar-refractivity contribution in [1.29, 1.82) is 0 Å². The molecule has 7 nitrogen and oxygen atoms in total. The van der Waals surface area contributed by atoms with E-state index in [0.29, 0.717) is 17.5 Å². The Labute approximate surface area is 210 Å². The number of ketones is 3. The number of Topliss-reactive ketones (excluding diaryl/α,β-unsaturated/α-hetero) is 3. The lowest BCUT2D eigenvalue weighted by Gasteiger charge is -2.59. The topological polar surface area (TPSA) is 132 Å². The van der Waals surface area contributed by atoms with Gasteiger partial charge >= 0.3 is 0 Å². The number of carbonyl (C=O) groups excluding carboxylic acids is 3. The van der Waals surface area contributed by atoms with Crippen molar-refractivity contribution >= 4 is 17.3 Å². The molecule has 1 aromatic carbocycles. The molecule has 7 heteroatoms. The molecule has 0 saturated heterocycles. The standard InChI is InChI=1S/C29H32O7/c1-7-8-9-16-10-11-18(31)20-17(16)12-27(5)13-28(6)21(14(2)3)23(32)19(15(4)30)25(34)29(28,36)26(35)22(27)24(20)33/h10-11,14,21,31-32,35-36H,7,12-13H2,1-6H3/t21?,27-,28-,29+/m1/s1. The second-order valence-electron chi connectivity index (χ2n) is 11.1. The highest BCUT2D eigenvalue weighted by Gasteiger charge is 2.71. The van der Waals surface area contributed by atoms with Gasteiger partial charge in [-0.15, -0.1) is 0 Å². The van der Waals surface area contributed by atoms with Gasteiger partial charge in [-0.05, 0) is 43.4 Å². The Kier molecular flexibility index (Phi) is 5.77. The molecule has 4 atom stereocenters. The highest BCUT2D eigenvalue weighted by molar-refractivity contribution is 6.25. The van der Waals surface area contributed by atoms with Crippen molar-refractivity contribution in [3.63, 3.8) is 0 Å². The van der Waals surface area contributed by atoms with Crippen LogP contribution in [0.15, 0.2) is 34.8 Å². The van der Waals surface area contributed by atoms with E-state index in [1.54, 1.807) is 33.8 Å². The molecule has 3 aliphatic rings. The molecule has 0 saturated carbocycles. The van der Waals surface area contributed by atoms with Gasteiger partial charge in [0.1, 0.15) is 22.8 Å². The molecule has 0 bridgehead atoms. The minimum absolute atomic E-state index is 0.0158. The number of fused-ring (bicyclic) bond motifs is 3. The zero-order valence-corrected chi connectivity index (χ0v) is 21.4. The second kappa shape index (κ2) is 8.07. The maximum atomic E-state index is 13.9. The number of aromatic hydroxyl groups is 1. The Morgan fingerprint density at radius 3 is 2.36 bits per heavy atom. The van der Waals surface area contributed by atoms with Crippen molar-refractivity contribution in [3.05, 3.63) is 51.5 Å². The zero-order valence-electron chi connectivity index (χ0n) is 21.4. The fourth-order valence-corrected chi connectivity index (χ4v) is 7.03. The van der Waals surface area contributed by atoms with Crippen LogP contribution in [0.1, 0.15) is 75.9 Å². The van der Waals surface area contributed by atoms with E-state index < -0.39 is 56.8 Å². The van der Waals surface area contributed by atoms with Crippen molar-refractivity contribution in [3.8, 4) is 17.6 Å². The van der Waals surface area contributed by atoms with Crippen molar-refractivity contribution in [2.24, 2.45) is 22.7 Å². The first-order valence-electron chi connectivity index (χ1n) is 12.2. The van der Waals surface area contributed by atoms with E-state index in [9.17, 15) is 34.8 Å². The molecule has 0 aliphatic heterocycles. The van der Waals surface area contributed by atoms with E-state index in [1.807, 2.05) is 6.92 Å². The summed E-state index contributed by atoms with van der Waals surface area (Å²) in [5.41, 5.74) is -4.70. The predicted molar refractivity (Wildman–Crippen MR) is 132 cm³/mol. The third kappa shape index (κ3) is 3.07. The van der Waals surface area contributed by atoms with E-state index >= 15 is 0 Å². The number of hydrogen-bond acceptors (Lipinski definition) is 7. The first-order chi connectivity index (χ1) is 16.7. The third-order valence-corrected chi connectivity index (χ3v) is 8.29. The summed E-state index contributed by atoms with van der Waals surface area (Å²) in [6, 6.07) is 3.02. The van der Waals surface area contributed by atoms with Gasteiger partial charge in [0.2, 0.25) is 5.78 Å². The SMILES string of the molecule is CCC#Cc1ccc(O)c2c1C[C@]1(C)C[C@]3(C)C(C(C)C)C(O)=C(C(C)=O)C(=O)[C@]3(O)C(O)=C1C2=O. The molecule has 4 N–H and O–H groups in total. The molecule has 4 rings (SSSR count). The number of aliphatic hydroxyl groups excluding tert-OH is 2. The normalized spacial score (nSPS) is 31.5. The number of carbonyl (C=O) groups is 3. The maximum Gasteiger partial charge on any atom is 0.209 e. The van der Waals surface area contributed by atoms with Crippen LogP contribution in [0.2, 0.25) is 0 Å². The first kappa shape index (κ1) is 25.7. The molecule has 1 aromatic rings. The first-order valence-corrected chi connectivity index (χ1v) is 12.2. The molecule has 0 spiro atoms. The van der Waals surface area contributed by atoms with Gasteiger partial charge in [0.15, 0.2) is 17.2 Å². The van der Waals surface area contributed by atoms with E-state index in [1.165, 1.54) is 6.07 Å². The van der Waals surface area contributed by atoms with E-state index in [0.717, 1.165) is 6.92 Å². The van der Waals surface area contributed by atoms with Crippen molar-refractivity contribution in [2.75, 3.05) is 0 Å². The minimum Gasteiger partial charge on any atom is -0.511 e. The fourth-order valence-electron chi connectivity index (χ4n) is 7.03. The molecule has 0 amide bonds. The third-order valence-electron chi connectivity index (χ3n) is 8.29. The highest BCUT2D eigenvalue weighted by atomic mass is 16.3. The van der Waals surface area contributed by atoms with Crippen molar-refractivity contribution in [2.45, 2.75) is 66.4 Å². The van der Waals surface area contributed by atoms with E-state index in [-0.39, 0.29) is 35.6 Å². The van der Waals surface area contributed by atoms with Gasteiger partial charge in [-0.3, -0.25) is 14.4 Å². The Morgan fingerprint density at radius 1 is 1.17 bits per heavy atom. The van der Waals surface area contributed by atoms with Crippen molar-refractivity contribution < 1.29 is 34.8 Å². The minimum atomic E-state index is -2.60. The van der Waals surface area contributed by atoms with Gasteiger partial charge < -0.3 is 20.4 Å². The van der Waals surface area contributed by atoms with E-state index in [4.69, 9.17) is 0 Å². The molecule has 1 unspecified atom stereocenters. The van der Waals surface area contributed by atoms with Gasteiger partial charge in [0.05, 0.1) is 5.56 Å². The lowest BCUT2D eigenvalue weighted by atomic mass is 9.44. The molecule has 190 valence electrons. The number of allylic oxidation sites excluding steroid dienone is 2. The van der Waals surface area contributed by atoms with Crippen LogP contribution in [0.4, 0.5) is 0 Å². The molecular weight excluding hydrogens is 460 g/mol. The lowest BCUT2D eigenvalue weighted by molar-refractivity contribution is -0.171. The maximum absolute atomic E-state index is 13.9. The Balaban J connectivity index is 2.07. The number of hydrogen-bond donors (Lipinski definition) is 4. The Bertz CT molecular complexity index is 1350. The van der Waals surface area contributed by atoms with Crippen LogP contribution in [-0.2, 0) is 16.0 Å². The summed E-state index contributed by atoms with van der Waals surface area (Å²) in [4.78, 5) is 39.9. The molecule has 0 heterocycles. The largest absolute Gasteiger partial charge is 0.511 e. The summed E-state index contributed by atoms with van der Waals surface area (Å²) >= 11 is 0. The lowest BCUT2D eigenvalue weighted by Crippen LogP contribution is -2.67. The Morgan fingerprint density at radius 2 is 1.81 bits per heavy atom. The zero-order chi connectivity index (χ0) is 27.0. The van der Waals surface area contributed by atoms with Crippen LogP contribution in [0.25, 0.3) is 0 Å². The fraction of sp³-hybridized carbons (Fsp3) is 0.483. The van der Waals surface area contributed by atoms with Gasteiger partial charge in [0.25, 0.3) is 0 Å². The second-order valence-corrected chi connectivity index (χ2v) is 11.1. The van der Waals surface area contributed by atoms with Gasteiger partial charge in [0, 0.05) is 34.3 Å². The van der Waals surface area contributed by atoms with Crippen LogP contribution in [0, 0.1) is 34.5 Å². The van der Waals surface area contributed by atoms with Crippen LogP contribution in [0.3, 0.4) is 0 Å². The number of rotatable bonds is 2. The monoisotopic (exact) mass is 492 g/mol. The summed E-state index contributed by atoms with van der Waals surface area (Å²) in [6.07, 6.45) is 0.867. The highest BCUT2D eigenvalue weighted by Crippen LogP contribution is 2.65. The summed E-state index contributed by atoms with van der Waals surface area (Å²) < 4.78 is 0. The number of benzene rings is 1. The summed E-state index contributed by atoms with van der Waals surface area (Å²) in [5.74, 6) is 0.826. The molecule has 0 fully saturated rings. The van der Waals surface area contributed by atoms with Crippen LogP contribution >= 0.6 is 0 Å². The predicted octanol–water partition coefficient (Wildman–Crippen LogP) is 4.11. The van der Waals surface area contributed by atoms with Crippen molar-refractivity contribution in [1.82, 2.24) is 0 Å².